The van der Waals surface area contributed by atoms with Crippen molar-refractivity contribution in [3.05, 3.63) is 48.0 Å². The van der Waals surface area contributed by atoms with Gasteiger partial charge in [0.15, 0.2) is 0 Å². The van der Waals surface area contributed by atoms with Crippen LogP contribution in [0, 0.1) is 0 Å². The van der Waals surface area contributed by atoms with Crippen LogP contribution in [0.15, 0.2) is 42.5 Å². The summed E-state index contributed by atoms with van der Waals surface area (Å²) >= 11 is 0. The van der Waals surface area contributed by atoms with Crippen LogP contribution >= 0.6 is 0 Å². The highest BCUT2D eigenvalue weighted by atomic mass is 16.6. The molecular weight excluding hydrogens is 306 g/mol. The molecule has 0 radical (unpaired) electrons. The molecule has 0 fully saturated rings. The molecule has 0 saturated carbocycles. The van der Waals surface area contributed by atoms with Crippen LogP contribution < -0.4 is 5.32 Å². The molecule has 0 heterocycles. The molecule has 1 aromatic rings. The van der Waals surface area contributed by atoms with Gasteiger partial charge in [-0.1, -0.05) is 42.5 Å². The molecular formula is C19H27NO4. The Bertz CT molecular complexity index is 546. The second-order valence-corrected chi connectivity index (χ2v) is 6.50. The molecule has 24 heavy (non-hydrogen) atoms. The van der Waals surface area contributed by atoms with Crippen molar-refractivity contribution in [2.45, 2.75) is 52.2 Å². The van der Waals surface area contributed by atoms with Crippen molar-refractivity contribution >= 4 is 12.1 Å². The van der Waals surface area contributed by atoms with E-state index in [1.807, 2.05) is 63.3 Å². The van der Waals surface area contributed by atoms with E-state index >= 15 is 0 Å². The van der Waals surface area contributed by atoms with Gasteiger partial charge in [0.05, 0.1) is 12.6 Å². The normalized spacial score (nSPS) is 12.7. The van der Waals surface area contributed by atoms with Crippen molar-refractivity contribution in [3.8, 4) is 0 Å². The van der Waals surface area contributed by atoms with E-state index in [0.29, 0.717) is 19.4 Å². The van der Waals surface area contributed by atoms with Crippen molar-refractivity contribution in [2.24, 2.45) is 0 Å². The molecule has 0 aliphatic heterocycles. The zero-order valence-corrected chi connectivity index (χ0v) is 14.9. The van der Waals surface area contributed by atoms with Crippen LogP contribution in [0.1, 0.15) is 39.7 Å². The number of rotatable bonds is 7. The fraction of sp³-hybridized carbons (Fsp3) is 0.474. The molecule has 1 atom stereocenters. The predicted molar refractivity (Wildman–Crippen MR) is 93.7 cm³/mol. The summed E-state index contributed by atoms with van der Waals surface area (Å²) < 4.78 is 10.2. The topological polar surface area (TPSA) is 64.6 Å². The quantitative estimate of drug-likeness (QED) is 0.470. The highest BCUT2D eigenvalue weighted by molar-refractivity contribution is 5.68. The molecule has 0 bridgehead atoms. The Hall–Kier alpha value is -2.30. The molecule has 5 heteroatoms. The Balaban J connectivity index is 2.63. The van der Waals surface area contributed by atoms with E-state index in [4.69, 9.17) is 9.47 Å². The van der Waals surface area contributed by atoms with E-state index in [9.17, 15) is 9.59 Å². The number of carbonyl (C=O) groups excluding carboxylic acids is 2. The third-order valence-electron chi connectivity index (χ3n) is 2.96. The summed E-state index contributed by atoms with van der Waals surface area (Å²) in [5.41, 5.74) is 0.573. The van der Waals surface area contributed by atoms with Gasteiger partial charge in [-0.25, -0.2) is 4.79 Å². The van der Waals surface area contributed by atoms with Crippen LogP contribution in [0.4, 0.5) is 4.79 Å². The minimum absolute atomic E-state index is 0.195. The van der Waals surface area contributed by atoms with Crippen LogP contribution in [0.5, 0.6) is 0 Å². The lowest BCUT2D eigenvalue weighted by molar-refractivity contribution is -0.140. The number of esters is 1. The molecule has 132 valence electrons. The molecule has 1 rings (SSSR count). The van der Waals surface area contributed by atoms with Gasteiger partial charge in [-0.2, -0.15) is 0 Å². The van der Waals surface area contributed by atoms with Gasteiger partial charge in [0.2, 0.25) is 0 Å². The lowest BCUT2D eigenvalue weighted by atomic mass is 10.1. The lowest BCUT2D eigenvalue weighted by Gasteiger charge is -2.22. The van der Waals surface area contributed by atoms with Gasteiger partial charge in [-0.3, -0.25) is 4.79 Å². The standard InChI is InChI=1S/C19H27NO4/c1-15(21)23-13-9-8-12-17(14-16-10-6-5-7-11-16)20-18(22)24-19(2,3)4/h5-8,10-12,17H,9,13-14H2,1-4H3,(H,20,22)/b12-8+/t17-/m1/s1. The molecule has 1 amide bonds. The van der Waals surface area contributed by atoms with Crippen LogP contribution in [0.3, 0.4) is 0 Å². The molecule has 0 aliphatic rings. The maximum Gasteiger partial charge on any atom is 0.408 e. The molecule has 0 unspecified atom stereocenters. The van der Waals surface area contributed by atoms with Crippen LogP contribution in [0.25, 0.3) is 0 Å². The third kappa shape index (κ3) is 9.66. The zero-order chi connectivity index (χ0) is 18.0. The number of amides is 1. The summed E-state index contributed by atoms with van der Waals surface area (Å²) in [4.78, 5) is 22.7. The van der Waals surface area contributed by atoms with Crippen molar-refractivity contribution in [1.29, 1.82) is 0 Å². The lowest BCUT2D eigenvalue weighted by Crippen LogP contribution is -2.39. The summed E-state index contributed by atoms with van der Waals surface area (Å²) in [5, 5.41) is 2.87. The van der Waals surface area contributed by atoms with Gasteiger partial charge in [0.1, 0.15) is 5.60 Å². The van der Waals surface area contributed by atoms with Crippen molar-refractivity contribution in [1.82, 2.24) is 5.32 Å². The van der Waals surface area contributed by atoms with Crippen LogP contribution in [0.2, 0.25) is 0 Å². The van der Waals surface area contributed by atoms with E-state index in [-0.39, 0.29) is 12.0 Å². The number of nitrogens with one attached hydrogen (secondary N) is 1. The Kier molecular flexibility index (Phi) is 8.02. The molecule has 1 N–H and O–H groups in total. The van der Waals surface area contributed by atoms with Gasteiger partial charge in [-0.15, -0.1) is 0 Å². The predicted octanol–water partition coefficient (Wildman–Crippen LogP) is 3.63. The monoisotopic (exact) mass is 333 g/mol. The largest absolute Gasteiger partial charge is 0.466 e. The van der Waals surface area contributed by atoms with E-state index < -0.39 is 11.7 Å². The maximum atomic E-state index is 12.0. The number of ether oxygens (including phenoxy) is 2. The third-order valence-corrected chi connectivity index (χ3v) is 2.96. The summed E-state index contributed by atoms with van der Waals surface area (Å²) in [7, 11) is 0. The fourth-order valence-electron chi connectivity index (χ4n) is 2.03. The summed E-state index contributed by atoms with van der Waals surface area (Å²) in [5.74, 6) is -0.295. The van der Waals surface area contributed by atoms with Gasteiger partial charge in [0.25, 0.3) is 0 Å². The molecule has 1 aromatic carbocycles. The number of hydrogen-bond acceptors (Lipinski definition) is 4. The minimum atomic E-state index is -0.541. The Morgan fingerprint density at radius 1 is 1.21 bits per heavy atom. The molecule has 0 aliphatic carbocycles. The van der Waals surface area contributed by atoms with E-state index in [1.165, 1.54) is 6.92 Å². The summed E-state index contributed by atoms with van der Waals surface area (Å²) in [6.07, 6.45) is 4.60. The van der Waals surface area contributed by atoms with E-state index in [0.717, 1.165) is 5.56 Å². The fourth-order valence-corrected chi connectivity index (χ4v) is 2.03. The highest BCUT2D eigenvalue weighted by Gasteiger charge is 2.18. The first kappa shape index (κ1) is 19.7. The second-order valence-electron chi connectivity index (χ2n) is 6.50. The average molecular weight is 333 g/mol. The summed E-state index contributed by atoms with van der Waals surface area (Å²) in [6, 6.07) is 9.70. The number of carbonyl (C=O) groups is 2. The van der Waals surface area contributed by atoms with Crippen LogP contribution in [-0.4, -0.2) is 30.3 Å². The van der Waals surface area contributed by atoms with Crippen LogP contribution in [-0.2, 0) is 20.7 Å². The maximum absolute atomic E-state index is 12.0. The Morgan fingerprint density at radius 3 is 2.46 bits per heavy atom. The highest BCUT2D eigenvalue weighted by Crippen LogP contribution is 2.09. The van der Waals surface area contributed by atoms with E-state index in [1.54, 1.807) is 0 Å². The SMILES string of the molecule is CC(=O)OCC/C=C/[C@H](Cc1ccccc1)NC(=O)OC(C)(C)C. The van der Waals surface area contributed by atoms with E-state index in [2.05, 4.69) is 5.32 Å². The summed E-state index contributed by atoms with van der Waals surface area (Å²) in [6.45, 7) is 7.19. The number of benzene rings is 1. The first-order valence-corrected chi connectivity index (χ1v) is 8.10. The first-order valence-electron chi connectivity index (χ1n) is 8.10. The second kappa shape index (κ2) is 9.75. The number of hydrogen-bond donors (Lipinski definition) is 1. The van der Waals surface area contributed by atoms with Gasteiger partial charge < -0.3 is 14.8 Å². The Labute approximate surface area is 144 Å². The van der Waals surface area contributed by atoms with Gasteiger partial charge >= 0.3 is 12.1 Å². The van der Waals surface area contributed by atoms with Gasteiger partial charge in [-0.05, 0) is 39.2 Å². The zero-order valence-electron chi connectivity index (χ0n) is 14.9. The van der Waals surface area contributed by atoms with Crippen molar-refractivity contribution in [3.63, 3.8) is 0 Å². The Morgan fingerprint density at radius 2 is 1.88 bits per heavy atom. The van der Waals surface area contributed by atoms with Crippen molar-refractivity contribution < 1.29 is 19.1 Å². The van der Waals surface area contributed by atoms with Gasteiger partial charge in [0, 0.05) is 6.92 Å². The molecule has 5 nitrogen and oxygen atoms in total. The molecule has 0 aromatic heterocycles. The minimum Gasteiger partial charge on any atom is -0.466 e. The molecule has 0 saturated heterocycles. The number of alkyl carbamates (subject to hydrolysis) is 1. The smallest absolute Gasteiger partial charge is 0.408 e. The first-order chi connectivity index (χ1) is 11.3. The average Bonchev–Trinajstić information content (AvgIpc) is 2.45. The molecule has 0 spiro atoms. The van der Waals surface area contributed by atoms with Crippen molar-refractivity contribution in [2.75, 3.05) is 6.61 Å².